The molecule has 4 nitrogen and oxygen atoms in total. The van der Waals surface area contributed by atoms with E-state index < -0.39 is 0 Å². The molecule has 6 heteroatoms. The number of halogens is 2. The molecule has 0 amide bonds. The minimum Gasteiger partial charge on any atom is -0.495 e. The van der Waals surface area contributed by atoms with Gasteiger partial charge >= 0.3 is 0 Å². The number of benzene rings is 2. The third-order valence-corrected chi connectivity index (χ3v) is 5.67. The maximum Gasteiger partial charge on any atom is 0.145 e. The number of ether oxygens (including phenoxy) is 1. The number of aryl methyl sites for hydroxylation is 1. The van der Waals surface area contributed by atoms with E-state index in [-0.39, 0.29) is 5.82 Å². The molecule has 0 radical (unpaired) electrons. The highest BCUT2D eigenvalue weighted by Gasteiger charge is 2.21. The zero-order chi connectivity index (χ0) is 18.8. The standard InChI is InChI=1S/C20H15I2N3O/c1-11-17(12-6-4-3-5-7-12)18(14(10-23)20(24)25-11)13-8-15(21)19(26-2)16(22)9-13/h3-9H,1-2H3,(H2,24,25). The summed E-state index contributed by atoms with van der Waals surface area (Å²) in [5.41, 5.74) is 10.9. The number of rotatable bonds is 3. The molecule has 0 aliphatic rings. The first kappa shape index (κ1) is 18.9. The van der Waals surface area contributed by atoms with Crippen molar-refractivity contribution in [1.82, 2.24) is 4.98 Å². The highest BCUT2D eigenvalue weighted by molar-refractivity contribution is 14.1. The minimum atomic E-state index is 0.250. The van der Waals surface area contributed by atoms with Gasteiger partial charge in [-0.05, 0) is 75.4 Å². The van der Waals surface area contributed by atoms with E-state index in [1.54, 1.807) is 7.11 Å². The van der Waals surface area contributed by atoms with Crippen LogP contribution >= 0.6 is 45.2 Å². The molecule has 1 aromatic heterocycles. The van der Waals surface area contributed by atoms with E-state index in [4.69, 9.17) is 10.5 Å². The highest BCUT2D eigenvalue weighted by Crippen LogP contribution is 2.41. The van der Waals surface area contributed by atoms with Gasteiger partial charge in [-0.2, -0.15) is 5.26 Å². The lowest BCUT2D eigenvalue weighted by molar-refractivity contribution is 0.409. The highest BCUT2D eigenvalue weighted by atomic mass is 127. The smallest absolute Gasteiger partial charge is 0.145 e. The van der Waals surface area contributed by atoms with Crippen LogP contribution in [0.2, 0.25) is 0 Å². The van der Waals surface area contributed by atoms with Gasteiger partial charge in [0.15, 0.2) is 0 Å². The molecule has 3 rings (SSSR count). The number of nitriles is 1. The SMILES string of the molecule is COc1c(I)cc(-c2c(C#N)c(N)nc(C)c2-c2ccccc2)cc1I. The van der Waals surface area contributed by atoms with Crippen LogP contribution in [0.3, 0.4) is 0 Å². The molecular formula is C20H15I2N3O. The Morgan fingerprint density at radius 2 is 1.65 bits per heavy atom. The molecule has 3 aromatic rings. The summed E-state index contributed by atoms with van der Waals surface area (Å²) in [7, 11) is 1.66. The van der Waals surface area contributed by atoms with Gasteiger partial charge in [-0.1, -0.05) is 30.3 Å². The summed E-state index contributed by atoms with van der Waals surface area (Å²) < 4.78 is 7.42. The van der Waals surface area contributed by atoms with E-state index in [2.05, 4.69) is 56.2 Å². The second-order valence-corrected chi connectivity index (χ2v) is 7.98. The van der Waals surface area contributed by atoms with Crippen LogP contribution in [0, 0.1) is 25.4 Å². The molecule has 2 aromatic carbocycles. The first-order valence-electron chi connectivity index (χ1n) is 7.77. The fraction of sp³-hybridized carbons (Fsp3) is 0.100. The van der Waals surface area contributed by atoms with Gasteiger partial charge in [0.1, 0.15) is 23.2 Å². The van der Waals surface area contributed by atoms with Crippen molar-refractivity contribution >= 4 is 51.0 Å². The Bertz CT molecular complexity index is 1000. The van der Waals surface area contributed by atoms with Crippen molar-refractivity contribution in [2.24, 2.45) is 0 Å². The molecule has 0 bridgehead atoms. The first-order chi connectivity index (χ1) is 12.5. The summed E-state index contributed by atoms with van der Waals surface area (Å²) in [5.74, 6) is 1.08. The largest absolute Gasteiger partial charge is 0.495 e. The summed E-state index contributed by atoms with van der Waals surface area (Å²) in [6, 6.07) is 16.2. The fourth-order valence-electron chi connectivity index (χ4n) is 2.99. The van der Waals surface area contributed by atoms with Crippen molar-refractivity contribution in [2.45, 2.75) is 6.92 Å². The van der Waals surface area contributed by atoms with E-state index in [9.17, 15) is 5.26 Å². The summed E-state index contributed by atoms with van der Waals surface area (Å²) in [5, 5.41) is 9.76. The number of nitrogens with two attached hydrogens (primary N) is 1. The van der Waals surface area contributed by atoms with Crippen molar-refractivity contribution < 1.29 is 4.74 Å². The Hall–Kier alpha value is -1.86. The Morgan fingerprint density at radius 1 is 1.04 bits per heavy atom. The number of aromatic nitrogens is 1. The van der Waals surface area contributed by atoms with Crippen molar-refractivity contribution in [3.63, 3.8) is 0 Å². The average Bonchev–Trinajstić information content (AvgIpc) is 2.61. The lowest BCUT2D eigenvalue weighted by Gasteiger charge is -2.17. The molecule has 26 heavy (non-hydrogen) atoms. The predicted octanol–water partition coefficient (Wildman–Crippen LogP) is 5.40. The molecule has 0 unspecified atom stereocenters. The fourth-order valence-corrected chi connectivity index (χ4v) is 5.19. The second-order valence-electron chi connectivity index (χ2n) is 5.66. The Balaban J connectivity index is 2.42. The molecule has 0 saturated carbocycles. The number of anilines is 1. The zero-order valence-electron chi connectivity index (χ0n) is 14.2. The Morgan fingerprint density at radius 3 is 2.19 bits per heavy atom. The van der Waals surface area contributed by atoms with Crippen LogP contribution in [0.25, 0.3) is 22.3 Å². The lowest BCUT2D eigenvalue weighted by Crippen LogP contribution is -2.04. The second kappa shape index (κ2) is 7.80. The number of methoxy groups -OCH3 is 1. The quantitative estimate of drug-likeness (QED) is 0.431. The maximum atomic E-state index is 9.76. The maximum absolute atomic E-state index is 9.76. The molecule has 130 valence electrons. The van der Waals surface area contributed by atoms with E-state index in [1.807, 2.05) is 49.4 Å². The van der Waals surface area contributed by atoms with Crippen molar-refractivity contribution in [2.75, 3.05) is 12.8 Å². The van der Waals surface area contributed by atoms with Gasteiger partial charge in [0.2, 0.25) is 0 Å². The number of nitrogen functional groups attached to an aromatic ring is 1. The van der Waals surface area contributed by atoms with Crippen LogP contribution in [0.15, 0.2) is 42.5 Å². The molecule has 2 N–H and O–H groups in total. The number of pyridine rings is 1. The van der Waals surface area contributed by atoms with E-state index in [1.165, 1.54) is 0 Å². The number of hydrogen-bond donors (Lipinski definition) is 1. The molecule has 0 spiro atoms. The molecule has 1 heterocycles. The van der Waals surface area contributed by atoms with Gasteiger partial charge in [0.25, 0.3) is 0 Å². The molecule has 0 saturated heterocycles. The van der Waals surface area contributed by atoms with Crippen LogP contribution in [-0.2, 0) is 0 Å². The molecule has 0 atom stereocenters. The van der Waals surface area contributed by atoms with Gasteiger partial charge in [-0.3, -0.25) is 0 Å². The van der Waals surface area contributed by atoms with Gasteiger partial charge in [0, 0.05) is 16.8 Å². The predicted molar refractivity (Wildman–Crippen MR) is 121 cm³/mol. The van der Waals surface area contributed by atoms with Crippen molar-refractivity contribution in [3.8, 4) is 34.1 Å². The summed E-state index contributed by atoms with van der Waals surface area (Å²) >= 11 is 4.49. The Labute approximate surface area is 179 Å². The van der Waals surface area contributed by atoms with Gasteiger partial charge in [-0.25, -0.2) is 4.98 Å². The monoisotopic (exact) mass is 567 g/mol. The molecule has 0 fully saturated rings. The van der Waals surface area contributed by atoms with Gasteiger partial charge in [0.05, 0.1) is 14.3 Å². The third kappa shape index (κ3) is 3.38. The Kier molecular flexibility index (Phi) is 5.67. The van der Waals surface area contributed by atoms with Gasteiger partial charge < -0.3 is 10.5 Å². The summed E-state index contributed by atoms with van der Waals surface area (Å²) in [6.45, 7) is 1.92. The normalized spacial score (nSPS) is 10.4. The minimum absolute atomic E-state index is 0.250. The third-order valence-electron chi connectivity index (χ3n) is 4.07. The van der Waals surface area contributed by atoms with Crippen LogP contribution < -0.4 is 10.5 Å². The van der Waals surface area contributed by atoms with Crippen LogP contribution in [-0.4, -0.2) is 12.1 Å². The van der Waals surface area contributed by atoms with E-state index >= 15 is 0 Å². The first-order valence-corrected chi connectivity index (χ1v) is 9.92. The van der Waals surface area contributed by atoms with Crippen molar-refractivity contribution in [3.05, 3.63) is 60.9 Å². The van der Waals surface area contributed by atoms with Crippen LogP contribution in [0.4, 0.5) is 5.82 Å². The topological polar surface area (TPSA) is 71.9 Å². The molecule has 0 aliphatic heterocycles. The number of nitrogens with zero attached hydrogens (tertiary/aromatic N) is 2. The molecule has 0 aliphatic carbocycles. The molecular weight excluding hydrogens is 552 g/mol. The van der Waals surface area contributed by atoms with Crippen LogP contribution in [0.1, 0.15) is 11.3 Å². The summed E-state index contributed by atoms with van der Waals surface area (Å²) in [6.07, 6.45) is 0. The van der Waals surface area contributed by atoms with Gasteiger partial charge in [-0.15, -0.1) is 0 Å². The van der Waals surface area contributed by atoms with Crippen molar-refractivity contribution in [1.29, 1.82) is 5.26 Å². The average molecular weight is 567 g/mol. The van der Waals surface area contributed by atoms with E-state index in [0.29, 0.717) is 5.56 Å². The van der Waals surface area contributed by atoms with Crippen LogP contribution in [0.5, 0.6) is 5.75 Å². The number of hydrogen-bond acceptors (Lipinski definition) is 4. The lowest BCUT2D eigenvalue weighted by atomic mass is 9.90. The van der Waals surface area contributed by atoms with E-state index in [0.717, 1.165) is 40.8 Å². The summed E-state index contributed by atoms with van der Waals surface area (Å²) in [4.78, 5) is 4.41. The zero-order valence-corrected chi connectivity index (χ0v) is 18.5.